The maximum absolute atomic E-state index is 10.3. The molecular weight excluding hydrogens is 182 g/mol. The Kier molecular flexibility index (Phi) is 5.20. The van der Waals surface area contributed by atoms with E-state index in [2.05, 4.69) is 5.32 Å². The summed E-state index contributed by atoms with van der Waals surface area (Å²) in [4.78, 5) is 10.3. The Balaban J connectivity index is 0.00000121. The summed E-state index contributed by atoms with van der Waals surface area (Å²) in [5.74, 6) is -0.613. The van der Waals surface area contributed by atoms with Gasteiger partial charge in [0.05, 0.1) is 12.5 Å². The molecule has 4 nitrogen and oxygen atoms in total. The number of halogens is 1. The fourth-order valence-corrected chi connectivity index (χ4v) is 1.41. The SMILES string of the molecule is COC1CNCC1CC(=O)O.Cl. The lowest BCUT2D eigenvalue weighted by Gasteiger charge is -2.13. The molecule has 0 amide bonds. The Morgan fingerprint density at radius 1 is 1.67 bits per heavy atom. The molecule has 0 aromatic rings. The highest BCUT2D eigenvalue weighted by molar-refractivity contribution is 5.85. The van der Waals surface area contributed by atoms with Crippen LogP contribution in [0.2, 0.25) is 0 Å². The zero-order chi connectivity index (χ0) is 8.27. The molecule has 0 aromatic heterocycles. The fraction of sp³-hybridized carbons (Fsp3) is 0.857. The van der Waals surface area contributed by atoms with E-state index in [9.17, 15) is 4.79 Å². The lowest BCUT2D eigenvalue weighted by molar-refractivity contribution is -0.138. The van der Waals surface area contributed by atoms with Crippen LogP contribution in [0.15, 0.2) is 0 Å². The number of aliphatic carboxylic acids is 1. The summed E-state index contributed by atoms with van der Waals surface area (Å²) in [7, 11) is 1.62. The van der Waals surface area contributed by atoms with Gasteiger partial charge >= 0.3 is 5.97 Å². The van der Waals surface area contributed by atoms with Gasteiger partial charge in [0.2, 0.25) is 0 Å². The van der Waals surface area contributed by atoms with Crippen molar-refractivity contribution in [2.45, 2.75) is 12.5 Å². The third-order valence-corrected chi connectivity index (χ3v) is 2.02. The Labute approximate surface area is 77.7 Å². The van der Waals surface area contributed by atoms with E-state index in [1.165, 1.54) is 0 Å². The molecule has 0 aliphatic carbocycles. The summed E-state index contributed by atoms with van der Waals surface area (Å²) >= 11 is 0. The molecule has 0 aromatic carbocycles. The molecule has 2 atom stereocenters. The monoisotopic (exact) mass is 195 g/mol. The zero-order valence-electron chi connectivity index (χ0n) is 6.95. The van der Waals surface area contributed by atoms with Crippen molar-refractivity contribution in [1.82, 2.24) is 5.32 Å². The first kappa shape index (κ1) is 11.7. The van der Waals surface area contributed by atoms with Crippen molar-refractivity contribution in [3.8, 4) is 0 Å². The highest BCUT2D eigenvalue weighted by atomic mass is 35.5. The van der Waals surface area contributed by atoms with E-state index >= 15 is 0 Å². The van der Waals surface area contributed by atoms with E-state index in [1.54, 1.807) is 7.11 Å². The van der Waals surface area contributed by atoms with Crippen molar-refractivity contribution in [2.75, 3.05) is 20.2 Å². The predicted octanol–water partition coefficient (Wildman–Crippen LogP) is 0.117. The molecule has 1 aliphatic heterocycles. The summed E-state index contributed by atoms with van der Waals surface area (Å²) in [6.07, 6.45) is 0.275. The van der Waals surface area contributed by atoms with Gasteiger partial charge in [-0.15, -0.1) is 12.4 Å². The third-order valence-electron chi connectivity index (χ3n) is 2.02. The molecule has 1 fully saturated rings. The van der Waals surface area contributed by atoms with E-state index in [4.69, 9.17) is 9.84 Å². The van der Waals surface area contributed by atoms with E-state index in [1.807, 2.05) is 0 Å². The van der Waals surface area contributed by atoms with Gasteiger partial charge in [-0.05, 0) is 0 Å². The maximum atomic E-state index is 10.3. The molecule has 2 N–H and O–H groups in total. The number of methoxy groups -OCH3 is 1. The summed E-state index contributed by atoms with van der Waals surface area (Å²) in [5, 5.41) is 11.6. The van der Waals surface area contributed by atoms with Gasteiger partial charge in [-0.25, -0.2) is 0 Å². The molecule has 1 heterocycles. The minimum Gasteiger partial charge on any atom is -0.481 e. The Morgan fingerprint density at radius 2 is 2.33 bits per heavy atom. The smallest absolute Gasteiger partial charge is 0.303 e. The van der Waals surface area contributed by atoms with Gasteiger partial charge in [0.1, 0.15) is 0 Å². The molecule has 1 rings (SSSR count). The van der Waals surface area contributed by atoms with Gasteiger partial charge in [0.25, 0.3) is 0 Å². The van der Waals surface area contributed by atoms with E-state index < -0.39 is 5.97 Å². The third kappa shape index (κ3) is 2.97. The van der Waals surface area contributed by atoms with Crippen molar-refractivity contribution < 1.29 is 14.6 Å². The van der Waals surface area contributed by atoms with Crippen LogP contribution in [-0.4, -0.2) is 37.4 Å². The van der Waals surface area contributed by atoms with E-state index in [-0.39, 0.29) is 30.8 Å². The summed E-state index contributed by atoms with van der Waals surface area (Å²) in [6, 6.07) is 0. The summed E-state index contributed by atoms with van der Waals surface area (Å²) in [6.45, 7) is 1.53. The van der Waals surface area contributed by atoms with Crippen LogP contribution in [0.5, 0.6) is 0 Å². The fourth-order valence-electron chi connectivity index (χ4n) is 1.41. The van der Waals surface area contributed by atoms with Crippen molar-refractivity contribution in [3.05, 3.63) is 0 Å². The number of hydrogen-bond acceptors (Lipinski definition) is 3. The van der Waals surface area contributed by atoms with Gasteiger partial charge < -0.3 is 15.2 Å². The standard InChI is InChI=1S/C7H13NO3.ClH/c1-11-6-4-8-3-5(6)2-7(9)10;/h5-6,8H,2-4H2,1H3,(H,9,10);1H. The lowest BCUT2D eigenvalue weighted by atomic mass is 10.0. The average Bonchev–Trinajstić information content (AvgIpc) is 2.34. The molecule has 2 unspecified atom stereocenters. The highest BCUT2D eigenvalue weighted by Crippen LogP contribution is 2.15. The average molecular weight is 196 g/mol. The molecule has 0 spiro atoms. The number of carbonyl (C=O) groups is 1. The molecule has 72 valence electrons. The Hall–Kier alpha value is -0.320. The second kappa shape index (κ2) is 5.35. The van der Waals surface area contributed by atoms with Gasteiger partial charge in [0.15, 0.2) is 0 Å². The van der Waals surface area contributed by atoms with Crippen LogP contribution in [-0.2, 0) is 9.53 Å². The number of hydrogen-bond donors (Lipinski definition) is 2. The first-order valence-electron chi connectivity index (χ1n) is 3.69. The van der Waals surface area contributed by atoms with Crippen molar-refractivity contribution in [1.29, 1.82) is 0 Å². The largest absolute Gasteiger partial charge is 0.481 e. The van der Waals surface area contributed by atoms with Crippen LogP contribution >= 0.6 is 12.4 Å². The van der Waals surface area contributed by atoms with Crippen LogP contribution in [0.25, 0.3) is 0 Å². The predicted molar refractivity (Wildman–Crippen MR) is 46.7 cm³/mol. The first-order chi connectivity index (χ1) is 5.24. The lowest BCUT2D eigenvalue weighted by Crippen LogP contribution is -2.23. The molecule has 12 heavy (non-hydrogen) atoms. The first-order valence-corrected chi connectivity index (χ1v) is 3.69. The summed E-state index contributed by atoms with van der Waals surface area (Å²) < 4.78 is 5.10. The maximum Gasteiger partial charge on any atom is 0.303 e. The molecule has 5 heteroatoms. The van der Waals surface area contributed by atoms with Gasteiger partial charge in [-0.2, -0.15) is 0 Å². The quantitative estimate of drug-likeness (QED) is 0.672. The zero-order valence-corrected chi connectivity index (χ0v) is 7.76. The number of nitrogens with one attached hydrogen (secondary N) is 1. The number of rotatable bonds is 3. The molecule has 0 saturated carbocycles. The van der Waals surface area contributed by atoms with Gasteiger partial charge in [-0.3, -0.25) is 4.79 Å². The van der Waals surface area contributed by atoms with Crippen molar-refractivity contribution in [3.63, 3.8) is 0 Å². The second-order valence-corrected chi connectivity index (χ2v) is 2.79. The van der Waals surface area contributed by atoms with E-state index in [0.717, 1.165) is 13.1 Å². The molecule has 1 aliphatic rings. The van der Waals surface area contributed by atoms with Gasteiger partial charge in [0, 0.05) is 26.1 Å². The molecular formula is C7H14ClNO3. The highest BCUT2D eigenvalue weighted by Gasteiger charge is 2.28. The second-order valence-electron chi connectivity index (χ2n) is 2.79. The van der Waals surface area contributed by atoms with E-state index in [0.29, 0.717) is 0 Å². The number of ether oxygens (including phenoxy) is 1. The van der Waals surface area contributed by atoms with Crippen LogP contribution < -0.4 is 5.32 Å². The molecule has 0 radical (unpaired) electrons. The van der Waals surface area contributed by atoms with Crippen molar-refractivity contribution in [2.24, 2.45) is 5.92 Å². The summed E-state index contributed by atoms with van der Waals surface area (Å²) in [5.41, 5.74) is 0. The van der Waals surface area contributed by atoms with Crippen LogP contribution in [0.4, 0.5) is 0 Å². The Morgan fingerprint density at radius 3 is 2.83 bits per heavy atom. The normalized spacial score (nSPS) is 28.1. The van der Waals surface area contributed by atoms with Crippen LogP contribution in [0, 0.1) is 5.92 Å². The van der Waals surface area contributed by atoms with Crippen molar-refractivity contribution >= 4 is 18.4 Å². The minimum absolute atomic E-state index is 0. The number of carboxylic acid groups (broad SMARTS) is 1. The topological polar surface area (TPSA) is 58.6 Å². The van der Waals surface area contributed by atoms with Crippen LogP contribution in [0.3, 0.4) is 0 Å². The Bertz CT molecular complexity index is 154. The minimum atomic E-state index is -0.749. The number of carboxylic acids is 1. The van der Waals surface area contributed by atoms with Crippen LogP contribution in [0.1, 0.15) is 6.42 Å². The molecule has 0 bridgehead atoms. The van der Waals surface area contributed by atoms with Gasteiger partial charge in [-0.1, -0.05) is 0 Å². The molecule has 1 saturated heterocycles.